The van der Waals surface area contributed by atoms with Crippen molar-refractivity contribution < 1.29 is 4.74 Å². The molecule has 6 heteroatoms. The van der Waals surface area contributed by atoms with Crippen molar-refractivity contribution in [3.8, 4) is 0 Å². The van der Waals surface area contributed by atoms with E-state index in [0.717, 1.165) is 25.6 Å². The summed E-state index contributed by atoms with van der Waals surface area (Å²) in [6.45, 7) is 3.23. The molecule has 1 aliphatic heterocycles. The first-order valence-corrected chi connectivity index (χ1v) is 5.75. The average Bonchev–Trinajstić information content (AvgIpc) is 2.63. The molecule has 2 aliphatic rings. The molecule has 16 heavy (non-hydrogen) atoms. The number of aromatic nitrogens is 3. The summed E-state index contributed by atoms with van der Waals surface area (Å²) in [5.41, 5.74) is -0.0143. The Labute approximate surface area is 93.0 Å². The lowest BCUT2D eigenvalue weighted by molar-refractivity contribution is -0.112. The van der Waals surface area contributed by atoms with E-state index in [0.29, 0.717) is 6.54 Å². The molecule has 0 bridgehead atoms. The predicted octanol–water partition coefficient (Wildman–Crippen LogP) is -0.147. The highest BCUT2D eigenvalue weighted by Gasteiger charge is 2.44. The molecule has 3 rings (SSSR count). The summed E-state index contributed by atoms with van der Waals surface area (Å²) in [7, 11) is 0. The fraction of sp³-hybridized carbons (Fsp3) is 0.800. The Morgan fingerprint density at radius 1 is 1.50 bits per heavy atom. The van der Waals surface area contributed by atoms with E-state index in [1.165, 1.54) is 19.3 Å². The predicted molar refractivity (Wildman–Crippen MR) is 57.0 cm³/mol. The molecule has 0 radical (unpaired) electrons. The second-order valence-corrected chi connectivity index (χ2v) is 4.68. The van der Waals surface area contributed by atoms with Gasteiger partial charge in [-0.25, -0.2) is 9.89 Å². The minimum Gasteiger partial charge on any atom is -0.378 e. The molecule has 2 N–H and O–H groups in total. The largest absolute Gasteiger partial charge is 0.378 e. The van der Waals surface area contributed by atoms with Crippen molar-refractivity contribution >= 4 is 0 Å². The number of rotatable bonds is 2. The Hall–Kier alpha value is -1.14. The number of nitrogens with one attached hydrogen (secondary N) is 2. The Bertz CT molecular complexity index is 420. The smallest absolute Gasteiger partial charge is 0.340 e. The van der Waals surface area contributed by atoms with Crippen molar-refractivity contribution in [1.82, 2.24) is 20.1 Å². The van der Waals surface area contributed by atoms with Crippen LogP contribution in [0, 0.1) is 0 Å². The summed E-state index contributed by atoms with van der Waals surface area (Å²) in [5.74, 6) is 0.721. The van der Waals surface area contributed by atoms with Crippen molar-refractivity contribution in [3.63, 3.8) is 0 Å². The maximum Gasteiger partial charge on any atom is 0.340 e. The van der Waals surface area contributed by atoms with Crippen LogP contribution in [0.1, 0.15) is 25.1 Å². The molecule has 1 aliphatic carbocycles. The monoisotopic (exact) mass is 224 g/mol. The molecule has 1 spiro atoms. The fourth-order valence-corrected chi connectivity index (χ4v) is 2.62. The van der Waals surface area contributed by atoms with E-state index in [1.54, 1.807) is 0 Å². The van der Waals surface area contributed by atoms with Crippen LogP contribution in [0.2, 0.25) is 0 Å². The first kappa shape index (κ1) is 10.0. The van der Waals surface area contributed by atoms with Crippen LogP contribution in [0.25, 0.3) is 0 Å². The zero-order valence-electron chi connectivity index (χ0n) is 9.16. The molecule has 0 aromatic carbocycles. The first-order chi connectivity index (χ1) is 7.78. The van der Waals surface area contributed by atoms with E-state index < -0.39 is 0 Å². The highest BCUT2D eigenvalue weighted by atomic mass is 16.5. The summed E-state index contributed by atoms with van der Waals surface area (Å²) in [5, 5.41) is 6.36. The molecular formula is C10H16N4O2. The molecule has 6 nitrogen and oxygen atoms in total. The number of hydrogen-bond donors (Lipinski definition) is 2. The van der Waals surface area contributed by atoms with Gasteiger partial charge in [0.1, 0.15) is 5.82 Å². The Morgan fingerprint density at radius 2 is 2.38 bits per heavy atom. The van der Waals surface area contributed by atoms with E-state index in [9.17, 15) is 4.79 Å². The molecule has 1 saturated carbocycles. The van der Waals surface area contributed by atoms with Crippen molar-refractivity contribution in [2.45, 2.75) is 31.3 Å². The van der Waals surface area contributed by atoms with Gasteiger partial charge in [-0.15, -0.1) is 0 Å². The standard InChI is InChI=1S/C10H16N4O2/c15-9-11-8(12-13-9)6-14-4-5-16-7-10(14)2-1-3-10/h1-7H2,(H2,11,12,13,15). The number of nitrogens with zero attached hydrogens (tertiary/aromatic N) is 2. The lowest BCUT2D eigenvalue weighted by atomic mass is 9.75. The molecule has 88 valence electrons. The quantitative estimate of drug-likeness (QED) is 0.733. The van der Waals surface area contributed by atoms with Gasteiger partial charge in [-0.05, 0) is 19.3 Å². The van der Waals surface area contributed by atoms with Gasteiger partial charge in [0.05, 0.1) is 19.8 Å². The van der Waals surface area contributed by atoms with Crippen LogP contribution >= 0.6 is 0 Å². The molecule has 2 fully saturated rings. The van der Waals surface area contributed by atoms with Crippen molar-refractivity contribution in [1.29, 1.82) is 0 Å². The summed E-state index contributed by atoms with van der Waals surface area (Å²) in [4.78, 5) is 16.1. The van der Waals surface area contributed by atoms with Gasteiger partial charge < -0.3 is 4.74 Å². The van der Waals surface area contributed by atoms with Crippen LogP contribution < -0.4 is 5.69 Å². The lowest BCUT2D eigenvalue weighted by Gasteiger charge is -2.52. The number of aromatic amines is 2. The van der Waals surface area contributed by atoms with E-state index >= 15 is 0 Å². The number of H-pyrrole nitrogens is 2. The van der Waals surface area contributed by atoms with E-state index in [2.05, 4.69) is 20.1 Å². The molecular weight excluding hydrogens is 208 g/mol. The number of ether oxygens (including phenoxy) is 1. The normalized spacial score (nSPS) is 24.5. The van der Waals surface area contributed by atoms with Crippen LogP contribution in [-0.2, 0) is 11.3 Å². The minimum atomic E-state index is -0.231. The van der Waals surface area contributed by atoms with Crippen LogP contribution in [0.15, 0.2) is 4.79 Å². The van der Waals surface area contributed by atoms with Crippen LogP contribution in [-0.4, -0.2) is 45.4 Å². The molecule has 0 unspecified atom stereocenters. The van der Waals surface area contributed by atoms with Gasteiger partial charge in [0.15, 0.2) is 0 Å². The van der Waals surface area contributed by atoms with Gasteiger partial charge in [0, 0.05) is 12.1 Å². The summed E-state index contributed by atoms with van der Waals surface area (Å²) >= 11 is 0. The molecule has 1 aromatic rings. The third kappa shape index (κ3) is 1.58. The van der Waals surface area contributed by atoms with Gasteiger partial charge >= 0.3 is 5.69 Å². The fourth-order valence-electron chi connectivity index (χ4n) is 2.62. The third-order valence-corrected chi connectivity index (χ3v) is 3.72. The number of morpholine rings is 1. The van der Waals surface area contributed by atoms with Crippen molar-refractivity contribution in [2.24, 2.45) is 0 Å². The number of hydrogen-bond acceptors (Lipinski definition) is 4. The average molecular weight is 224 g/mol. The van der Waals surface area contributed by atoms with Crippen LogP contribution in [0.3, 0.4) is 0 Å². The van der Waals surface area contributed by atoms with Gasteiger partial charge in [-0.1, -0.05) is 0 Å². The summed E-state index contributed by atoms with van der Waals surface area (Å²) in [6.07, 6.45) is 3.67. The second kappa shape index (κ2) is 3.71. The SMILES string of the molecule is O=c1[nH]nc(CN2CCOCC23CCC3)[nH]1. The van der Waals surface area contributed by atoms with Gasteiger partial charge in [0.2, 0.25) is 0 Å². The molecule has 1 aromatic heterocycles. The topological polar surface area (TPSA) is 74.0 Å². The molecule has 1 saturated heterocycles. The Balaban J connectivity index is 1.75. The molecule has 2 heterocycles. The lowest BCUT2D eigenvalue weighted by Crippen LogP contribution is -2.60. The highest BCUT2D eigenvalue weighted by Crippen LogP contribution is 2.40. The van der Waals surface area contributed by atoms with Crippen LogP contribution in [0.4, 0.5) is 0 Å². The second-order valence-electron chi connectivity index (χ2n) is 4.68. The minimum absolute atomic E-state index is 0.216. The van der Waals surface area contributed by atoms with E-state index in [1.807, 2.05) is 0 Å². The summed E-state index contributed by atoms with van der Waals surface area (Å²) in [6, 6.07) is 0. The Morgan fingerprint density at radius 3 is 3.00 bits per heavy atom. The van der Waals surface area contributed by atoms with E-state index in [-0.39, 0.29) is 11.2 Å². The van der Waals surface area contributed by atoms with E-state index in [4.69, 9.17) is 4.74 Å². The zero-order chi connectivity index (χ0) is 11.0. The van der Waals surface area contributed by atoms with Gasteiger partial charge in [0.25, 0.3) is 0 Å². The van der Waals surface area contributed by atoms with Crippen LogP contribution in [0.5, 0.6) is 0 Å². The van der Waals surface area contributed by atoms with Crippen molar-refractivity contribution in [3.05, 3.63) is 16.3 Å². The molecule has 0 atom stereocenters. The van der Waals surface area contributed by atoms with Gasteiger partial charge in [-0.2, -0.15) is 5.10 Å². The van der Waals surface area contributed by atoms with Crippen molar-refractivity contribution in [2.75, 3.05) is 19.8 Å². The first-order valence-electron chi connectivity index (χ1n) is 5.75. The Kier molecular flexibility index (Phi) is 2.33. The maximum atomic E-state index is 11.0. The highest BCUT2D eigenvalue weighted by molar-refractivity contribution is 5.01. The van der Waals surface area contributed by atoms with Gasteiger partial charge in [-0.3, -0.25) is 9.88 Å². The maximum absolute atomic E-state index is 11.0. The third-order valence-electron chi connectivity index (χ3n) is 3.72. The summed E-state index contributed by atoms with van der Waals surface area (Å²) < 4.78 is 5.56. The molecule has 0 amide bonds. The zero-order valence-corrected chi connectivity index (χ0v) is 9.16.